The van der Waals surface area contributed by atoms with E-state index in [2.05, 4.69) is 0 Å². The van der Waals surface area contributed by atoms with E-state index in [9.17, 15) is 9.59 Å². The minimum absolute atomic E-state index is 0.0408. The Morgan fingerprint density at radius 2 is 2.00 bits per heavy atom. The van der Waals surface area contributed by atoms with Gasteiger partial charge in [0.15, 0.2) is 0 Å². The highest BCUT2D eigenvalue weighted by Gasteiger charge is 2.38. The fourth-order valence-corrected chi connectivity index (χ4v) is 2.96. The third-order valence-electron chi connectivity index (χ3n) is 4.27. The second-order valence-electron chi connectivity index (χ2n) is 5.47. The van der Waals surface area contributed by atoms with Crippen molar-refractivity contribution in [1.82, 2.24) is 9.80 Å². The molecule has 6 nitrogen and oxygen atoms in total. The molecule has 0 aliphatic carbocycles. The number of nitrogens with two attached hydrogens (primary N) is 1. The first kappa shape index (κ1) is 15.3. The molecule has 0 bridgehead atoms. The molecule has 2 N–H and O–H groups in total. The lowest BCUT2D eigenvalue weighted by Gasteiger charge is -2.33. The molecule has 0 spiro atoms. The van der Waals surface area contributed by atoms with Crippen LogP contribution in [0.15, 0.2) is 0 Å². The second-order valence-corrected chi connectivity index (χ2v) is 5.47. The van der Waals surface area contributed by atoms with Crippen LogP contribution in [0.25, 0.3) is 0 Å². The third-order valence-corrected chi connectivity index (χ3v) is 4.27. The normalized spacial score (nSPS) is 24.8. The van der Waals surface area contributed by atoms with Gasteiger partial charge < -0.3 is 20.3 Å². The van der Waals surface area contributed by atoms with Gasteiger partial charge in [0.05, 0.1) is 19.1 Å². The number of ether oxygens (including phenoxy) is 1. The zero-order valence-corrected chi connectivity index (χ0v) is 12.2. The Labute approximate surface area is 120 Å². The van der Waals surface area contributed by atoms with E-state index in [0.29, 0.717) is 39.4 Å². The van der Waals surface area contributed by atoms with Gasteiger partial charge in [0.2, 0.25) is 11.8 Å². The minimum atomic E-state index is -0.291. The third kappa shape index (κ3) is 3.12. The Bertz CT molecular complexity index is 352. The van der Waals surface area contributed by atoms with Gasteiger partial charge in [0, 0.05) is 26.2 Å². The molecule has 2 fully saturated rings. The maximum atomic E-state index is 12.6. The lowest BCUT2D eigenvalue weighted by Crippen LogP contribution is -2.52. The van der Waals surface area contributed by atoms with Crippen LogP contribution < -0.4 is 5.73 Å². The number of likely N-dealkylation sites (tertiary alicyclic amines) is 1. The maximum Gasteiger partial charge on any atom is 0.245 e. The fraction of sp³-hybridized carbons (Fsp3) is 0.857. The van der Waals surface area contributed by atoms with Gasteiger partial charge in [-0.15, -0.1) is 0 Å². The highest BCUT2D eigenvalue weighted by atomic mass is 16.5. The summed E-state index contributed by atoms with van der Waals surface area (Å²) in [6.07, 6.45) is 2.39. The molecule has 0 radical (unpaired) electrons. The summed E-state index contributed by atoms with van der Waals surface area (Å²) < 4.78 is 5.27. The summed E-state index contributed by atoms with van der Waals surface area (Å²) in [6.45, 7) is 5.43. The van der Waals surface area contributed by atoms with E-state index in [1.807, 2.05) is 11.8 Å². The maximum absolute atomic E-state index is 12.6. The first-order valence-corrected chi connectivity index (χ1v) is 7.56. The SMILES string of the molecule is CCC(CN)C(=O)N1CCCC1C(=O)N1CCOCC1. The molecule has 0 aromatic heterocycles. The number of hydrogen-bond donors (Lipinski definition) is 1. The molecule has 2 aliphatic heterocycles. The zero-order valence-electron chi connectivity index (χ0n) is 12.2. The number of carbonyl (C=O) groups is 2. The molecule has 2 aliphatic rings. The predicted molar refractivity (Wildman–Crippen MR) is 75.0 cm³/mol. The van der Waals surface area contributed by atoms with Crippen molar-refractivity contribution in [3.05, 3.63) is 0 Å². The topological polar surface area (TPSA) is 75.9 Å². The molecule has 0 aromatic carbocycles. The number of morpholine rings is 1. The molecule has 2 atom stereocenters. The van der Waals surface area contributed by atoms with Gasteiger partial charge in [-0.05, 0) is 19.3 Å². The van der Waals surface area contributed by atoms with Crippen LogP contribution in [0.5, 0.6) is 0 Å². The summed E-state index contributed by atoms with van der Waals surface area (Å²) >= 11 is 0. The number of rotatable bonds is 4. The van der Waals surface area contributed by atoms with E-state index < -0.39 is 0 Å². The van der Waals surface area contributed by atoms with E-state index in [-0.39, 0.29) is 23.8 Å². The number of nitrogens with zero attached hydrogens (tertiary/aromatic N) is 2. The highest BCUT2D eigenvalue weighted by Crippen LogP contribution is 2.22. The van der Waals surface area contributed by atoms with Crippen LogP contribution in [0.2, 0.25) is 0 Å². The van der Waals surface area contributed by atoms with E-state index >= 15 is 0 Å². The summed E-state index contributed by atoms with van der Waals surface area (Å²) in [5, 5.41) is 0. The predicted octanol–water partition coefficient (Wildman–Crippen LogP) is -0.179. The van der Waals surface area contributed by atoms with E-state index in [1.54, 1.807) is 4.90 Å². The van der Waals surface area contributed by atoms with Gasteiger partial charge in [-0.2, -0.15) is 0 Å². The zero-order chi connectivity index (χ0) is 14.5. The van der Waals surface area contributed by atoms with Crippen LogP contribution in [-0.2, 0) is 14.3 Å². The molecule has 2 rings (SSSR count). The number of hydrogen-bond acceptors (Lipinski definition) is 4. The Balaban J connectivity index is 2.02. The molecular weight excluding hydrogens is 258 g/mol. The first-order chi connectivity index (χ1) is 9.69. The summed E-state index contributed by atoms with van der Waals surface area (Å²) in [7, 11) is 0. The minimum Gasteiger partial charge on any atom is -0.378 e. The number of amides is 2. The van der Waals surface area contributed by atoms with Crippen LogP contribution in [0.4, 0.5) is 0 Å². The largest absolute Gasteiger partial charge is 0.378 e. The molecule has 2 saturated heterocycles. The second kappa shape index (κ2) is 7.04. The monoisotopic (exact) mass is 283 g/mol. The summed E-state index contributed by atoms with van der Waals surface area (Å²) in [5.41, 5.74) is 5.66. The molecule has 20 heavy (non-hydrogen) atoms. The van der Waals surface area contributed by atoms with Crippen LogP contribution in [0.3, 0.4) is 0 Å². The summed E-state index contributed by atoms with van der Waals surface area (Å²) in [6, 6.07) is -0.291. The Morgan fingerprint density at radius 3 is 2.60 bits per heavy atom. The van der Waals surface area contributed by atoms with Crippen LogP contribution in [0.1, 0.15) is 26.2 Å². The van der Waals surface area contributed by atoms with Gasteiger partial charge in [0.25, 0.3) is 0 Å². The van der Waals surface area contributed by atoms with E-state index in [1.165, 1.54) is 0 Å². The fourth-order valence-electron chi connectivity index (χ4n) is 2.96. The van der Waals surface area contributed by atoms with Crippen molar-refractivity contribution in [3.63, 3.8) is 0 Å². The van der Waals surface area contributed by atoms with Gasteiger partial charge in [-0.25, -0.2) is 0 Å². The average Bonchev–Trinajstić information content (AvgIpc) is 2.98. The van der Waals surface area contributed by atoms with Gasteiger partial charge >= 0.3 is 0 Å². The van der Waals surface area contributed by atoms with Crippen molar-refractivity contribution < 1.29 is 14.3 Å². The molecule has 2 unspecified atom stereocenters. The van der Waals surface area contributed by atoms with Gasteiger partial charge in [-0.3, -0.25) is 9.59 Å². The average molecular weight is 283 g/mol. The van der Waals surface area contributed by atoms with Gasteiger partial charge in [0.1, 0.15) is 6.04 Å². The standard InChI is InChI=1S/C14H25N3O3/c1-2-11(10-15)13(18)17-5-3-4-12(17)14(19)16-6-8-20-9-7-16/h11-12H,2-10,15H2,1H3. The van der Waals surface area contributed by atoms with Crippen molar-refractivity contribution in [3.8, 4) is 0 Å². The lowest BCUT2D eigenvalue weighted by molar-refractivity contribution is -0.148. The van der Waals surface area contributed by atoms with Crippen molar-refractivity contribution in [2.75, 3.05) is 39.4 Å². The van der Waals surface area contributed by atoms with E-state index in [4.69, 9.17) is 10.5 Å². The van der Waals surface area contributed by atoms with Crippen molar-refractivity contribution in [2.24, 2.45) is 11.7 Å². The van der Waals surface area contributed by atoms with Crippen LogP contribution in [-0.4, -0.2) is 67.0 Å². The molecule has 2 heterocycles. The van der Waals surface area contributed by atoms with Crippen LogP contribution in [0, 0.1) is 5.92 Å². The smallest absolute Gasteiger partial charge is 0.245 e. The Morgan fingerprint density at radius 1 is 1.30 bits per heavy atom. The summed E-state index contributed by atoms with van der Waals surface area (Å²) in [4.78, 5) is 28.6. The molecule has 6 heteroatoms. The molecule has 114 valence electrons. The van der Waals surface area contributed by atoms with Crippen LogP contribution >= 0.6 is 0 Å². The summed E-state index contributed by atoms with van der Waals surface area (Å²) in [5.74, 6) is -0.0433. The first-order valence-electron chi connectivity index (χ1n) is 7.56. The highest BCUT2D eigenvalue weighted by molar-refractivity contribution is 5.89. The molecular formula is C14H25N3O3. The van der Waals surface area contributed by atoms with Crippen molar-refractivity contribution >= 4 is 11.8 Å². The number of carbonyl (C=O) groups excluding carboxylic acids is 2. The van der Waals surface area contributed by atoms with Crippen molar-refractivity contribution in [2.45, 2.75) is 32.2 Å². The van der Waals surface area contributed by atoms with Crippen molar-refractivity contribution in [1.29, 1.82) is 0 Å². The molecule has 0 aromatic rings. The Kier molecular flexibility index (Phi) is 5.37. The Hall–Kier alpha value is -1.14. The quantitative estimate of drug-likeness (QED) is 0.776. The molecule has 2 amide bonds. The molecule has 0 saturated carbocycles. The lowest BCUT2D eigenvalue weighted by atomic mass is 10.0. The van der Waals surface area contributed by atoms with Gasteiger partial charge in [-0.1, -0.05) is 6.92 Å². The van der Waals surface area contributed by atoms with E-state index in [0.717, 1.165) is 19.3 Å².